The zero-order valence-corrected chi connectivity index (χ0v) is 16.9. The lowest BCUT2D eigenvalue weighted by Gasteiger charge is -2.35. The van der Waals surface area contributed by atoms with E-state index in [2.05, 4.69) is 22.6 Å². The molecule has 2 aliphatic heterocycles. The second-order valence-corrected chi connectivity index (χ2v) is 8.47. The fourth-order valence-corrected chi connectivity index (χ4v) is 3.93. The summed E-state index contributed by atoms with van der Waals surface area (Å²) in [5.74, 6) is -1.55. The fourth-order valence-electron chi connectivity index (χ4n) is 3.15. The van der Waals surface area contributed by atoms with Crippen molar-refractivity contribution in [2.45, 2.75) is 51.8 Å². The number of rotatable bonds is 1. The second kappa shape index (κ2) is 6.64. The molecule has 0 aromatic heterocycles. The Morgan fingerprint density at radius 1 is 1.23 bits per heavy atom. The molecular formula is C18H19IN2O5. The van der Waals surface area contributed by atoms with E-state index in [0.717, 1.165) is 9.13 Å². The predicted molar refractivity (Wildman–Crippen MR) is 100 cm³/mol. The van der Waals surface area contributed by atoms with Crippen molar-refractivity contribution in [1.82, 2.24) is 9.80 Å². The Balaban J connectivity index is 1.85. The standard InChI is InChI=1S/C18H19IN2O5/c1-18(2,3)26-17(25)21-13(22)8-7-12(15(21)23)20-9-10-5-4-6-11(19)14(10)16(20)24/h4-6,12H,7-9H2,1-3H3. The molecule has 26 heavy (non-hydrogen) atoms. The van der Waals surface area contributed by atoms with Crippen molar-refractivity contribution in [2.24, 2.45) is 0 Å². The maximum atomic E-state index is 12.8. The van der Waals surface area contributed by atoms with E-state index in [1.54, 1.807) is 20.8 Å². The van der Waals surface area contributed by atoms with E-state index in [0.29, 0.717) is 10.5 Å². The molecule has 7 nitrogen and oxygen atoms in total. The molecule has 0 radical (unpaired) electrons. The summed E-state index contributed by atoms with van der Waals surface area (Å²) in [5, 5.41) is 0. The van der Waals surface area contributed by atoms with Crippen molar-refractivity contribution in [3.8, 4) is 0 Å². The molecule has 1 unspecified atom stereocenters. The van der Waals surface area contributed by atoms with Crippen molar-refractivity contribution in [3.05, 3.63) is 32.9 Å². The number of carbonyl (C=O) groups is 4. The molecule has 4 amide bonds. The zero-order valence-electron chi connectivity index (χ0n) is 14.7. The van der Waals surface area contributed by atoms with Crippen LogP contribution in [0.15, 0.2) is 18.2 Å². The summed E-state index contributed by atoms with van der Waals surface area (Å²) in [6.07, 6.45) is -0.781. The number of fused-ring (bicyclic) bond motifs is 1. The summed E-state index contributed by atoms with van der Waals surface area (Å²) in [6, 6.07) is 4.69. The van der Waals surface area contributed by atoms with Crippen LogP contribution in [0, 0.1) is 3.57 Å². The van der Waals surface area contributed by atoms with Crippen LogP contribution in [-0.2, 0) is 20.9 Å². The number of carbonyl (C=O) groups excluding carboxylic acids is 4. The molecule has 1 atom stereocenters. The molecule has 0 bridgehead atoms. The Morgan fingerprint density at radius 3 is 2.54 bits per heavy atom. The molecule has 3 rings (SSSR count). The molecule has 0 saturated carbocycles. The molecule has 8 heteroatoms. The van der Waals surface area contributed by atoms with Crippen molar-refractivity contribution in [1.29, 1.82) is 0 Å². The van der Waals surface area contributed by atoms with E-state index in [-0.39, 0.29) is 25.3 Å². The minimum absolute atomic E-state index is 0.00681. The van der Waals surface area contributed by atoms with Gasteiger partial charge < -0.3 is 9.64 Å². The number of amides is 4. The summed E-state index contributed by atoms with van der Waals surface area (Å²) < 4.78 is 5.99. The molecule has 1 aromatic carbocycles. The molecule has 1 saturated heterocycles. The average Bonchev–Trinajstić information content (AvgIpc) is 2.84. The number of benzene rings is 1. The minimum atomic E-state index is -0.990. The first-order chi connectivity index (χ1) is 12.1. The van der Waals surface area contributed by atoms with Gasteiger partial charge in [-0.1, -0.05) is 12.1 Å². The van der Waals surface area contributed by atoms with Gasteiger partial charge in [0.2, 0.25) is 5.91 Å². The Kier molecular flexibility index (Phi) is 4.80. The molecule has 2 aliphatic rings. The van der Waals surface area contributed by atoms with Gasteiger partial charge in [-0.25, -0.2) is 4.79 Å². The van der Waals surface area contributed by atoms with Gasteiger partial charge in [0.05, 0.1) is 5.56 Å². The highest BCUT2D eigenvalue weighted by atomic mass is 127. The van der Waals surface area contributed by atoms with Crippen LogP contribution in [0.2, 0.25) is 0 Å². The van der Waals surface area contributed by atoms with Gasteiger partial charge in [0.1, 0.15) is 11.6 Å². The molecular weight excluding hydrogens is 451 g/mol. The van der Waals surface area contributed by atoms with Crippen LogP contribution in [0.3, 0.4) is 0 Å². The van der Waals surface area contributed by atoms with Gasteiger partial charge in [-0.05, 0) is 61.4 Å². The largest absolute Gasteiger partial charge is 0.443 e. The first kappa shape index (κ1) is 18.8. The van der Waals surface area contributed by atoms with Gasteiger partial charge in [0.15, 0.2) is 0 Å². The van der Waals surface area contributed by atoms with Gasteiger partial charge >= 0.3 is 6.09 Å². The number of imide groups is 3. The van der Waals surface area contributed by atoms with Crippen LogP contribution >= 0.6 is 22.6 Å². The molecule has 0 aliphatic carbocycles. The lowest BCUT2D eigenvalue weighted by atomic mass is 10.0. The van der Waals surface area contributed by atoms with Gasteiger partial charge in [-0.2, -0.15) is 4.90 Å². The number of likely N-dealkylation sites (tertiary alicyclic amines) is 1. The summed E-state index contributed by atoms with van der Waals surface area (Å²) in [5.41, 5.74) is 0.595. The number of hydrogen-bond donors (Lipinski definition) is 0. The highest BCUT2D eigenvalue weighted by Crippen LogP contribution is 2.31. The summed E-state index contributed by atoms with van der Waals surface area (Å²) in [7, 11) is 0. The van der Waals surface area contributed by atoms with Crippen LogP contribution in [-0.4, -0.2) is 45.3 Å². The van der Waals surface area contributed by atoms with Crippen LogP contribution < -0.4 is 0 Å². The lowest BCUT2D eigenvalue weighted by Crippen LogP contribution is -2.57. The van der Waals surface area contributed by atoms with E-state index in [1.165, 1.54) is 4.90 Å². The maximum Gasteiger partial charge on any atom is 0.424 e. The monoisotopic (exact) mass is 470 g/mol. The first-order valence-electron chi connectivity index (χ1n) is 8.28. The number of ether oxygens (including phenoxy) is 1. The summed E-state index contributed by atoms with van der Waals surface area (Å²) >= 11 is 2.09. The SMILES string of the molecule is CC(C)(C)OC(=O)N1C(=O)CCC(N2Cc3cccc(I)c3C2=O)C1=O. The Hall–Kier alpha value is -1.97. The fraction of sp³-hybridized carbons (Fsp3) is 0.444. The Bertz CT molecular complexity index is 814. The van der Waals surface area contributed by atoms with E-state index in [4.69, 9.17) is 4.74 Å². The number of hydrogen-bond acceptors (Lipinski definition) is 5. The van der Waals surface area contributed by atoms with Crippen molar-refractivity contribution >= 4 is 46.4 Å². The maximum absolute atomic E-state index is 12.8. The van der Waals surface area contributed by atoms with Crippen molar-refractivity contribution < 1.29 is 23.9 Å². The van der Waals surface area contributed by atoms with E-state index in [9.17, 15) is 19.2 Å². The van der Waals surface area contributed by atoms with Crippen LogP contribution in [0.25, 0.3) is 0 Å². The number of halogens is 1. The predicted octanol–water partition coefficient (Wildman–Crippen LogP) is 2.70. The van der Waals surface area contributed by atoms with E-state index >= 15 is 0 Å². The molecule has 138 valence electrons. The Labute approximate surface area is 164 Å². The third-order valence-electron chi connectivity index (χ3n) is 4.25. The molecule has 0 N–H and O–H groups in total. The summed E-state index contributed by atoms with van der Waals surface area (Å²) in [6.45, 7) is 5.26. The average molecular weight is 470 g/mol. The highest BCUT2D eigenvalue weighted by molar-refractivity contribution is 14.1. The molecule has 1 fully saturated rings. The van der Waals surface area contributed by atoms with Crippen LogP contribution in [0.1, 0.15) is 49.5 Å². The van der Waals surface area contributed by atoms with E-state index in [1.807, 2.05) is 18.2 Å². The van der Waals surface area contributed by atoms with Gasteiger partial charge in [0.25, 0.3) is 11.8 Å². The second-order valence-electron chi connectivity index (χ2n) is 7.31. The number of piperidine rings is 1. The van der Waals surface area contributed by atoms with Crippen molar-refractivity contribution in [2.75, 3.05) is 0 Å². The smallest absolute Gasteiger partial charge is 0.424 e. The van der Waals surface area contributed by atoms with Gasteiger partial charge in [-0.15, -0.1) is 0 Å². The van der Waals surface area contributed by atoms with Crippen molar-refractivity contribution in [3.63, 3.8) is 0 Å². The number of nitrogens with zero attached hydrogens (tertiary/aromatic N) is 2. The van der Waals surface area contributed by atoms with Gasteiger partial charge in [-0.3, -0.25) is 14.4 Å². The quantitative estimate of drug-likeness (QED) is 0.466. The first-order valence-corrected chi connectivity index (χ1v) is 9.36. The topological polar surface area (TPSA) is 84.0 Å². The molecule has 2 heterocycles. The zero-order chi connectivity index (χ0) is 19.2. The third-order valence-corrected chi connectivity index (χ3v) is 5.15. The third kappa shape index (κ3) is 3.34. The minimum Gasteiger partial charge on any atom is -0.443 e. The Morgan fingerprint density at radius 2 is 1.92 bits per heavy atom. The van der Waals surface area contributed by atoms with Gasteiger partial charge in [0, 0.05) is 16.5 Å². The van der Waals surface area contributed by atoms with Crippen LogP contribution in [0.5, 0.6) is 0 Å². The lowest BCUT2D eigenvalue weighted by molar-refractivity contribution is -0.150. The molecule has 0 spiro atoms. The van der Waals surface area contributed by atoms with Crippen LogP contribution in [0.4, 0.5) is 4.79 Å². The summed E-state index contributed by atoms with van der Waals surface area (Å²) in [4.78, 5) is 52.1. The van der Waals surface area contributed by atoms with E-state index < -0.39 is 29.6 Å². The highest BCUT2D eigenvalue weighted by Gasteiger charge is 2.46. The molecule has 1 aromatic rings. The normalized spacial score (nSPS) is 20.5.